The maximum atomic E-state index is 11.7. The van der Waals surface area contributed by atoms with Crippen molar-refractivity contribution in [2.75, 3.05) is 12.8 Å². The molecule has 2 heterocycles. The van der Waals surface area contributed by atoms with E-state index in [1.165, 1.54) is 0 Å². The molecule has 0 aromatic carbocycles. The highest BCUT2D eigenvalue weighted by Crippen LogP contribution is 2.07. The summed E-state index contributed by atoms with van der Waals surface area (Å²) in [6.45, 7) is 0.398. The number of carbonyl (C=O) groups excluding carboxylic acids is 1. The van der Waals surface area contributed by atoms with Gasteiger partial charge in [-0.05, 0) is 11.6 Å². The van der Waals surface area contributed by atoms with Gasteiger partial charge in [0.15, 0.2) is 0 Å². The molecule has 94 valence electrons. The van der Waals surface area contributed by atoms with Gasteiger partial charge >= 0.3 is 0 Å². The highest BCUT2D eigenvalue weighted by molar-refractivity contribution is 5.93. The maximum absolute atomic E-state index is 11.7. The molecule has 0 bridgehead atoms. The number of aromatic nitrogens is 2. The molecule has 2 rings (SSSR count). The lowest BCUT2D eigenvalue weighted by Crippen LogP contribution is -2.23. The van der Waals surface area contributed by atoms with E-state index < -0.39 is 0 Å². The van der Waals surface area contributed by atoms with Gasteiger partial charge in [0, 0.05) is 30.7 Å². The number of aromatic amines is 1. The number of pyridine rings is 1. The summed E-state index contributed by atoms with van der Waals surface area (Å²) in [5, 5.41) is 2.76. The predicted octanol–water partition coefficient (Wildman–Crippen LogP) is 0.931. The molecule has 0 radical (unpaired) electrons. The quantitative estimate of drug-likeness (QED) is 0.748. The van der Waals surface area contributed by atoms with Crippen molar-refractivity contribution < 1.29 is 9.53 Å². The highest BCUT2D eigenvalue weighted by atomic mass is 16.5. The number of hydrogen-bond donors (Lipinski definition) is 3. The Hall–Kier alpha value is -2.50. The van der Waals surface area contributed by atoms with Gasteiger partial charge in [0.2, 0.25) is 5.88 Å². The van der Waals surface area contributed by atoms with Crippen molar-refractivity contribution in [1.29, 1.82) is 0 Å². The van der Waals surface area contributed by atoms with Crippen molar-refractivity contribution in [1.82, 2.24) is 15.3 Å². The van der Waals surface area contributed by atoms with Crippen LogP contribution < -0.4 is 15.8 Å². The van der Waals surface area contributed by atoms with Gasteiger partial charge in [0.1, 0.15) is 5.69 Å². The van der Waals surface area contributed by atoms with Crippen molar-refractivity contribution >= 4 is 11.6 Å². The molecule has 0 spiro atoms. The van der Waals surface area contributed by atoms with Crippen LogP contribution in [-0.2, 0) is 6.54 Å². The number of hydrogen-bond acceptors (Lipinski definition) is 4. The number of nitrogen functional groups attached to an aromatic ring is 1. The van der Waals surface area contributed by atoms with E-state index in [0.29, 0.717) is 23.8 Å². The summed E-state index contributed by atoms with van der Waals surface area (Å²) < 4.78 is 4.95. The second-order valence-electron chi connectivity index (χ2n) is 3.74. The van der Waals surface area contributed by atoms with E-state index in [1.807, 2.05) is 6.07 Å². The van der Waals surface area contributed by atoms with Crippen LogP contribution >= 0.6 is 0 Å². The molecule has 6 heteroatoms. The van der Waals surface area contributed by atoms with Crippen LogP contribution in [0.4, 0.5) is 5.69 Å². The lowest BCUT2D eigenvalue weighted by atomic mass is 10.3. The van der Waals surface area contributed by atoms with Crippen molar-refractivity contribution in [2.24, 2.45) is 0 Å². The summed E-state index contributed by atoms with van der Waals surface area (Å²) >= 11 is 0. The van der Waals surface area contributed by atoms with Crippen LogP contribution in [0.5, 0.6) is 5.88 Å². The number of nitrogens with two attached hydrogens (primary N) is 1. The zero-order chi connectivity index (χ0) is 13.0. The van der Waals surface area contributed by atoms with Crippen molar-refractivity contribution in [2.45, 2.75) is 6.54 Å². The number of nitrogens with one attached hydrogen (secondary N) is 2. The van der Waals surface area contributed by atoms with Crippen LogP contribution in [0, 0.1) is 0 Å². The minimum atomic E-state index is -0.206. The summed E-state index contributed by atoms with van der Waals surface area (Å²) in [6.07, 6.45) is 3.23. The minimum Gasteiger partial charge on any atom is -0.481 e. The van der Waals surface area contributed by atoms with Crippen LogP contribution in [0.15, 0.2) is 30.6 Å². The van der Waals surface area contributed by atoms with Gasteiger partial charge in [-0.2, -0.15) is 0 Å². The zero-order valence-corrected chi connectivity index (χ0v) is 9.93. The minimum absolute atomic E-state index is 0.206. The number of amides is 1. The lowest BCUT2D eigenvalue weighted by Gasteiger charge is -2.04. The number of carbonyl (C=O) groups is 1. The molecular weight excluding hydrogens is 232 g/mol. The third-order valence-corrected chi connectivity index (χ3v) is 2.41. The van der Waals surface area contributed by atoms with Gasteiger partial charge in [-0.1, -0.05) is 6.07 Å². The number of methoxy groups -OCH3 is 1. The third kappa shape index (κ3) is 2.79. The number of ether oxygens (including phenoxy) is 1. The van der Waals surface area contributed by atoms with E-state index in [-0.39, 0.29) is 5.91 Å². The third-order valence-electron chi connectivity index (χ3n) is 2.41. The number of H-pyrrole nitrogens is 1. The largest absolute Gasteiger partial charge is 0.481 e. The maximum Gasteiger partial charge on any atom is 0.268 e. The molecule has 0 unspecified atom stereocenters. The first-order valence-corrected chi connectivity index (χ1v) is 5.40. The molecule has 4 N–H and O–H groups in total. The average molecular weight is 246 g/mol. The van der Waals surface area contributed by atoms with Crippen molar-refractivity contribution in [3.8, 4) is 5.88 Å². The van der Waals surface area contributed by atoms with Gasteiger partial charge in [0.25, 0.3) is 5.91 Å². The Kier molecular flexibility index (Phi) is 3.47. The van der Waals surface area contributed by atoms with Crippen molar-refractivity contribution in [3.05, 3.63) is 41.9 Å². The van der Waals surface area contributed by atoms with Crippen LogP contribution in [0.25, 0.3) is 0 Å². The fourth-order valence-corrected chi connectivity index (χ4v) is 1.46. The Bertz CT molecular complexity index is 533. The molecule has 0 aliphatic carbocycles. The van der Waals surface area contributed by atoms with Gasteiger partial charge in [0.05, 0.1) is 7.11 Å². The highest BCUT2D eigenvalue weighted by Gasteiger charge is 2.07. The van der Waals surface area contributed by atoms with Gasteiger partial charge in [-0.25, -0.2) is 4.98 Å². The molecule has 0 fully saturated rings. The fraction of sp³-hybridized carbons (Fsp3) is 0.167. The molecule has 18 heavy (non-hydrogen) atoms. The second-order valence-corrected chi connectivity index (χ2v) is 3.74. The van der Waals surface area contributed by atoms with E-state index in [1.54, 1.807) is 31.6 Å². The Morgan fingerprint density at radius 1 is 1.56 bits per heavy atom. The molecule has 1 amide bonds. The Labute approximate surface area is 104 Å². The molecule has 0 saturated carbocycles. The summed E-state index contributed by atoms with van der Waals surface area (Å²) in [5.74, 6) is 0.338. The molecule has 2 aromatic heterocycles. The van der Waals surface area contributed by atoms with E-state index >= 15 is 0 Å². The number of anilines is 1. The first-order valence-electron chi connectivity index (χ1n) is 5.40. The van der Waals surface area contributed by atoms with Crippen LogP contribution in [0.2, 0.25) is 0 Å². The summed E-state index contributed by atoms with van der Waals surface area (Å²) in [6, 6.07) is 5.17. The molecule has 2 aromatic rings. The second kappa shape index (κ2) is 5.22. The Balaban J connectivity index is 1.92. The monoisotopic (exact) mass is 246 g/mol. The number of rotatable bonds is 4. The normalized spacial score (nSPS) is 10.1. The van der Waals surface area contributed by atoms with E-state index in [2.05, 4.69) is 15.3 Å². The summed E-state index contributed by atoms with van der Waals surface area (Å²) in [7, 11) is 1.55. The smallest absolute Gasteiger partial charge is 0.268 e. The Morgan fingerprint density at radius 2 is 2.39 bits per heavy atom. The number of nitrogens with zero attached hydrogens (tertiary/aromatic N) is 1. The average Bonchev–Trinajstić information content (AvgIpc) is 2.83. The molecule has 6 nitrogen and oxygen atoms in total. The zero-order valence-electron chi connectivity index (χ0n) is 9.93. The van der Waals surface area contributed by atoms with Gasteiger partial charge < -0.3 is 20.8 Å². The van der Waals surface area contributed by atoms with E-state index in [4.69, 9.17) is 10.5 Å². The summed E-state index contributed by atoms with van der Waals surface area (Å²) in [5.41, 5.74) is 7.39. The standard InChI is InChI=1S/C12H14N4O2/c1-18-11-3-2-8(5-15-11)6-16-12(17)10-4-9(13)7-14-10/h2-5,7,14H,6,13H2,1H3,(H,16,17). The van der Waals surface area contributed by atoms with E-state index in [9.17, 15) is 4.79 Å². The molecule has 0 aliphatic rings. The van der Waals surface area contributed by atoms with E-state index in [0.717, 1.165) is 5.56 Å². The fourth-order valence-electron chi connectivity index (χ4n) is 1.46. The van der Waals surface area contributed by atoms with Crippen molar-refractivity contribution in [3.63, 3.8) is 0 Å². The van der Waals surface area contributed by atoms with Crippen LogP contribution in [0.1, 0.15) is 16.1 Å². The molecular formula is C12H14N4O2. The lowest BCUT2D eigenvalue weighted by molar-refractivity contribution is 0.0946. The molecule has 0 atom stereocenters. The SMILES string of the molecule is COc1ccc(CNC(=O)c2cc(N)c[nH]2)cn1. The van der Waals surface area contributed by atoms with Gasteiger partial charge in [-0.15, -0.1) is 0 Å². The predicted molar refractivity (Wildman–Crippen MR) is 67.2 cm³/mol. The van der Waals surface area contributed by atoms with Gasteiger partial charge in [-0.3, -0.25) is 4.79 Å². The summed E-state index contributed by atoms with van der Waals surface area (Å²) in [4.78, 5) is 18.5. The topological polar surface area (TPSA) is 93.0 Å². The molecule has 0 saturated heterocycles. The first-order chi connectivity index (χ1) is 8.69. The van der Waals surface area contributed by atoms with Crippen LogP contribution in [-0.4, -0.2) is 23.0 Å². The Morgan fingerprint density at radius 3 is 2.94 bits per heavy atom. The van der Waals surface area contributed by atoms with Crippen LogP contribution in [0.3, 0.4) is 0 Å². The molecule has 0 aliphatic heterocycles. The first kappa shape index (κ1) is 12.0.